The third-order valence-corrected chi connectivity index (χ3v) is 8.16. The zero-order valence-corrected chi connectivity index (χ0v) is 20.2. The van der Waals surface area contributed by atoms with Gasteiger partial charge in [-0.2, -0.15) is 4.31 Å². The van der Waals surface area contributed by atoms with E-state index in [9.17, 15) is 13.2 Å². The number of hydrogen-bond donors (Lipinski definition) is 1. The first-order valence-corrected chi connectivity index (χ1v) is 13.1. The molecule has 0 aromatic heterocycles. The van der Waals surface area contributed by atoms with E-state index in [1.807, 2.05) is 79.7 Å². The number of aryl methyl sites for hydroxylation is 1. The Kier molecular flexibility index (Phi) is 7.77. The van der Waals surface area contributed by atoms with E-state index in [2.05, 4.69) is 10.2 Å². The topological polar surface area (TPSA) is 69.7 Å². The van der Waals surface area contributed by atoms with Crippen molar-refractivity contribution in [2.45, 2.75) is 17.7 Å². The highest BCUT2D eigenvalue weighted by Gasteiger charge is 2.28. The van der Waals surface area contributed by atoms with E-state index >= 15 is 0 Å². The van der Waals surface area contributed by atoms with Crippen molar-refractivity contribution in [1.82, 2.24) is 14.5 Å². The van der Waals surface area contributed by atoms with Crippen molar-refractivity contribution < 1.29 is 13.2 Å². The first kappa shape index (κ1) is 24.1. The first-order chi connectivity index (χ1) is 16.4. The molecule has 7 heteroatoms. The highest BCUT2D eigenvalue weighted by Crippen LogP contribution is 2.24. The maximum Gasteiger partial charge on any atom is 0.243 e. The third kappa shape index (κ3) is 5.73. The minimum atomic E-state index is -3.47. The molecule has 1 saturated heterocycles. The normalized spacial score (nSPS) is 15.4. The molecule has 0 saturated carbocycles. The smallest absolute Gasteiger partial charge is 0.243 e. The summed E-state index contributed by atoms with van der Waals surface area (Å²) in [5, 5.41) is 3.09. The number of piperazine rings is 1. The highest BCUT2D eigenvalue weighted by molar-refractivity contribution is 7.89. The van der Waals surface area contributed by atoms with E-state index in [1.54, 1.807) is 16.4 Å². The van der Waals surface area contributed by atoms with Crippen LogP contribution in [-0.2, 0) is 14.8 Å². The van der Waals surface area contributed by atoms with Crippen molar-refractivity contribution >= 4 is 15.9 Å². The van der Waals surface area contributed by atoms with E-state index in [4.69, 9.17) is 0 Å². The van der Waals surface area contributed by atoms with Gasteiger partial charge in [-0.3, -0.25) is 9.69 Å². The van der Waals surface area contributed by atoms with E-state index in [1.165, 1.54) is 0 Å². The molecule has 178 valence electrons. The van der Waals surface area contributed by atoms with Gasteiger partial charge in [0.05, 0.1) is 10.8 Å². The lowest BCUT2D eigenvalue weighted by Crippen LogP contribution is -2.50. The number of rotatable bonds is 8. The molecule has 0 aliphatic carbocycles. The molecule has 4 rings (SSSR count). The van der Waals surface area contributed by atoms with E-state index < -0.39 is 10.0 Å². The van der Waals surface area contributed by atoms with Crippen LogP contribution in [0.1, 0.15) is 22.6 Å². The standard InChI is InChI=1S/C27H31N3O3S/c1-22-12-14-25(15-13-22)34(32,33)30-20-18-29(19-21-30)17-16-28-27(31)26(23-8-4-2-5-9-23)24-10-6-3-7-11-24/h2-15,26H,16-21H2,1H3,(H,28,31). The lowest BCUT2D eigenvalue weighted by molar-refractivity contribution is -0.121. The summed E-state index contributed by atoms with van der Waals surface area (Å²) in [5.41, 5.74) is 2.95. The van der Waals surface area contributed by atoms with Crippen molar-refractivity contribution in [3.8, 4) is 0 Å². The maximum absolute atomic E-state index is 13.1. The van der Waals surface area contributed by atoms with Crippen LogP contribution in [0.25, 0.3) is 0 Å². The predicted octanol–water partition coefficient (Wildman–Crippen LogP) is 3.25. The van der Waals surface area contributed by atoms with Gasteiger partial charge in [-0.1, -0.05) is 78.4 Å². The highest BCUT2D eigenvalue weighted by atomic mass is 32.2. The molecule has 1 N–H and O–H groups in total. The summed E-state index contributed by atoms with van der Waals surface area (Å²) >= 11 is 0. The summed E-state index contributed by atoms with van der Waals surface area (Å²) < 4.78 is 27.4. The quantitative estimate of drug-likeness (QED) is 0.541. The van der Waals surface area contributed by atoms with Crippen LogP contribution in [0.2, 0.25) is 0 Å². The Bertz CT molecular complexity index is 1140. The third-order valence-electron chi connectivity index (χ3n) is 6.25. The lowest BCUT2D eigenvalue weighted by Gasteiger charge is -2.34. The zero-order valence-electron chi connectivity index (χ0n) is 19.4. The monoisotopic (exact) mass is 477 g/mol. The van der Waals surface area contributed by atoms with Gasteiger partial charge in [0, 0.05) is 39.3 Å². The molecule has 0 atom stereocenters. The van der Waals surface area contributed by atoms with Gasteiger partial charge in [0.25, 0.3) is 0 Å². The molecule has 1 aliphatic heterocycles. The molecule has 1 fully saturated rings. The lowest BCUT2D eigenvalue weighted by atomic mass is 9.90. The van der Waals surface area contributed by atoms with Gasteiger partial charge < -0.3 is 5.32 Å². The fraction of sp³-hybridized carbons (Fsp3) is 0.296. The van der Waals surface area contributed by atoms with Crippen LogP contribution in [0.4, 0.5) is 0 Å². The molecular formula is C27H31N3O3S. The fourth-order valence-electron chi connectivity index (χ4n) is 4.28. The van der Waals surface area contributed by atoms with Gasteiger partial charge in [0.2, 0.25) is 15.9 Å². The maximum atomic E-state index is 13.1. The second-order valence-corrected chi connectivity index (χ2v) is 10.5. The average molecular weight is 478 g/mol. The van der Waals surface area contributed by atoms with Gasteiger partial charge in [0.1, 0.15) is 0 Å². The van der Waals surface area contributed by atoms with Crippen LogP contribution < -0.4 is 5.32 Å². The minimum absolute atomic E-state index is 0.0296. The molecular weight excluding hydrogens is 446 g/mol. The summed E-state index contributed by atoms with van der Waals surface area (Å²) in [6.45, 7) is 5.31. The van der Waals surface area contributed by atoms with Crippen LogP contribution >= 0.6 is 0 Å². The van der Waals surface area contributed by atoms with Crippen LogP contribution in [-0.4, -0.2) is 62.8 Å². The van der Waals surface area contributed by atoms with E-state index in [0.29, 0.717) is 44.2 Å². The second-order valence-electron chi connectivity index (χ2n) is 8.60. The summed E-state index contributed by atoms with van der Waals surface area (Å²) in [7, 11) is -3.47. The van der Waals surface area contributed by atoms with Gasteiger partial charge >= 0.3 is 0 Å². The number of carbonyl (C=O) groups excluding carboxylic acids is 1. The Labute approximate surface area is 202 Å². The molecule has 3 aromatic carbocycles. The van der Waals surface area contributed by atoms with Gasteiger partial charge in [-0.25, -0.2) is 8.42 Å². The van der Waals surface area contributed by atoms with Gasteiger partial charge in [-0.05, 0) is 30.2 Å². The van der Waals surface area contributed by atoms with Crippen molar-refractivity contribution in [1.29, 1.82) is 0 Å². The summed E-state index contributed by atoms with van der Waals surface area (Å²) in [6.07, 6.45) is 0. The number of benzene rings is 3. The number of hydrogen-bond acceptors (Lipinski definition) is 4. The SMILES string of the molecule is Cc1ccc(S(=O)(=O)N2CCN(CCNC(=O)C(c3ccccc3)c3ccccc3)CC2)cc1. The van der Waals surface area contributed by atoms with Crippen molar-refractivity contribution in [2.75, 3.05) is 39.3 Å². The summed E-state index contributed by atoms with van der Waals surface area (Å²) in [5.74, 6) is -0.392. The Morgan fingerprint density at radius 1 is 0.824 bits per heavy atom. The number of nitrogens with one attached hydrogen (secondary N) is 1. The summed E-state index contributed by atoms with van der Waals surface area (Å²) in [6, 6.07) is 26.6. The Hall–Kier alpha value is -3.00. The molecule has 0 spiro atoms. The van der Waals surface area contributed by atoms with Crippen LogP contribution in [0.15, 0.2) is 89.8 Å². The molecule has 6 nitrogen and oxygen atoms in total. The van der Waals surface area contributed by atoms with Crippen molar-refractivity contribution in [3.63, 3.8) is 0 Å². The van der Waals surface area contributed by atoms with Crippen LogP contribution in [0.5, 0.6) is 0 Å². The largest absolute Gasteiger partial charge is 0.354 e. The number of amides is 1. The van der Waals surface area contributed by atoms with E-state index in [0.717, 1.165) is 16.7 Å². The molecule has 0 radical (unpaired) electrons. The number of carbonyl (C=O) groups is 1. The van der Waals surface area contributed by atoms with Gasteiger partial charge in [-0.15, -0.1) is 0 Å². The predicted molar refractivity (Wildman–Crippen MR) is 134 cm³/mol. The minimum Gasteiger partial charge on any atom is -0.354 e. The molecule has 0 bridgehead atoms. The van der Waals surface area contributed by atoms with Crippen molar-refractivity contribution in [3.05, 3.63) is 102 Å². The Morgan fingerprint density at radius 3 is 1.88 bits per heavy atom. The molecule has 1 aliphatic rings. The fourth-order valence-corrected chi connectivity index (χ4v) is 5.70. The average Bonchev–Trinajstić information content (AvgIpc) is 2.86. The molecule has 1 amide bonds. The Balaban J connectivity index is 1.31. The Morgan fingerprint density at radius 2 is 1.35 bits per heavy atom. The summed E-state index contributed by atoms with van der Waals surface area (Å²) in [4.78, 5) is 15.7. The zero-order chi connectivity index (χ0) is 24.0. The van der Waals surface area contributed by atoms with Crippen LogP contribution in [0, 0.1) is 6.92 Å². The molecule has 1 heterocycles. The van der Waals surface area contributed by atoms with Crippen molar-refractivity contribution in [2.24, 2.45) is 0 Å². The van der Waals surface area contributed by atoms with Crippen LogP contribution in [0.3, 0.4) is 0 Å². The molecule has 3 aromatic rings. The molecule has 0 unspecified atom stereocenters. The van der Waals surface area contributed by atoms with Gasteiger partial charge in [0.15, 0.2) is 0 Å². The first-order valence-electron chi connectivity index (χ1n) is 11.6. The van der Waals surface area contributed by atoms with E-state index in [-0.39, 0.29) is 11.8 Å². The number of sulfonamides is 1. The number of nitrogens with zero attached hydrogens (tertiary/aromatic N) is 2. The molecule has 34 heavy (non-hydrogen) atoms. The second kappa shape index (κ2) is 11.0.